The molecule has 0 N–H and O–H groups in total. The van der Waals surface area contributed by atoms with Crippen LogP contribution in [0, 0.1) is 23.6 Å². The number of anilines is 1. The summed E-state index contributed by atoms with van der Waals surface area (Å²) >= 11 is 0. The Balaban J connectivity index is 1.47. The van der Waals surface area contributed by atoms with Gasteiger partial charge in [-0.2, -0.15) is 0 Å². The van der Waals surface area contributed by atoms with Crippen molar-refractivity contribution in [2.75, 3.05) is 18.5 Å². The van der Waals surface area contributed by atoms with Crippen molar-refractivity contribution in [2.45, 2.75) is 31.7 Å². The Labute approximate surface area is 135 Å². The number of para-hydroxylation sites is 1. The van der Waals surface area contributed by atoms with E-state index in [1.165, 1.54) is 17.4 Å². The third-order valence-corrected chi connectivity index (χ3v) is 5.83. The first-order valence-corrected chi connectivity index (χ1v) is 8.42. The van der Waals surface area contributed by atoms with Crippen LogP contribution < -0.4 is 4.90 Å². The number of amides is 2. The van der Waals surface area contributed by atoms with Gasteiger partial charge in [0, 0.05) is 19.5 Å². The van der Waals surface area contributed by atoms with Crippen molar-refractivity contribution >= 4 is 17.5 Å². The first-order valence-electron chi connectivity index (χ1n) is 8.42. The van der Waals surface area contributed by atoms with Crippen LogP contribution in [0.2, 0.25) is 0 Å². The van der Waals surface area contributed by atoms with Gasteiger partial charge >= 0.3 is 0 Å². The summed E-state index contributed by atoms with van der Waals surface area (Å²) < 4.78 is 13.9. The summed E-state index contributed by atoms with van der Waals surface area (Å²) in [6.07, 6.45) is 4.09. The van der Waals surface area contributed by atoms with E-state index in [1.807, 2.05) is 0 Å². The van der Waals surface area contributed by atoms with Crippen molar-refractivity contribution in [2.24, 2.45) is 17.8 Å². The first-order chi connectivity index (χ1) is 11.1. The van der Waals surface area contributed by atoms with Crippen LogP contribution in [0.1, 0.15) is 25.7 Å². The van der Waals surface area contributed by atoms with Crippen LogP contribution in [0.5, 0.6) is 0 Å². The molecule has 2 amide bonds. The second-order valence-corrected chi connectivity index (χ2v) is 6.98. The summed E-state index contributed by atoms with van der Waals surface area (Å²) in [6.45, 7) is 0.458. The van der Waals surface area contributed by atoms with Crippen molar-refractivity contribution in [3.05, 3.63) is 30.1 Å². The number of carbonyl (C=O) groups excluding carboxylic acids is 2. The number of likely N-dealkylation sites (N-methyl/N-ethyl adjacent to an activating group) is 1. The van der Waals surface area contributed by atoms with Crippen molar-refractivity contribution in [3.63, 3.8) is 0 Å². The third-order valence-electron chi connectivity index (χ3n) is 5.83. The standard InChI is InChI=1S/C18H21FN2O2/c1-20(18(23)16-11-5-4-6-12(11)16)15-9-10-21(17(15)22)14-8-3-2-7-13(14)19/h2-3,7-8,11-12,15-16H,4-6,9-10H2,1H3/t11-,12-,15-/m1/s1. The predicted octanol–water partition coefficient (Wildman–Crippen LogP) is 2.44. The SMILES string of the molecule is CN(C(=O)C1[C@@H]2CCC[C@@H]12)[C@@H]1CCN(c2ccccc2F)C1=O. The Morgan fingerprint density at radius 2 is 1.91 bits per heavy atom. The van der Waals surface area contributed by atoms with Gasteiger partial charge in [0.25, 0.3) is 0 Å². The number of rotatable bonds is 3. The van der Waals surface area contributed by atoms with Crippen LogP contribution in [0.4, 0.5) is 10.1 Å². The molecular formula is C18H21FN2O2. The largest absolute Gasteiger partial charge is 0.333 e. The summed E-state index contributed by atoms with van der Waals surface area (Å²) in [7, 11) is 1.73. The second-order valence-electron chi connectivity index (χ2n) is 6.98. The van der Waals surface area contributed by atoms with Crippen LogP contribution in [-0.4, -0.2) is 36.3 Å². The van der Waals surface area contributed by atoms with E-state index >= 15 is 0 Å². The molecule has 0 bridgehead atoms. The minimum Gasteiger partial charge on any atom is -0.333 e. The Morgan fingerprint density at radius 3 is 2.61 bits per heavy atom. The maximum absolute atomic E-state index is 13.9. The molecule has 1 heterocycles. The number of hydrogen-bond donors (Lipinski definition) is 0. The monoisotopic (exact) mass is 316 g/mol. The van der Waals surface area contributed by atoms with Crippen molar-refractivity contribution < 1.29 is 14.0 Å². The number of nitrogens with zero attached hydrogens (tertiary/aromatic N) is 2. The number of carbonyl (C=O) groups is 2. The average molecular weight is 316 g/mol. The van der Waals surface area contributed by atoms with E-state index in [0.717, 1.165) is 12.8 Å². The normalized spacial score (nSPS) is 32.1. The van der Waals surface area contributed by atoms with E-state index in [9.17, 15) is 14.0 Å². The highest BCUT2D eigenvalue weighted by Crippen LogP contribution is 2.58. The first kappa shape index (κ1) is 14.7. The molecular weight excluding hydrogens is 295 g/mol. The molecule has 0 aromatic heterocycles. The van der Waals surface area contributed by atoms with E-state index in [4.69, 9.17) is 0 Å². The summed E-state index contributed by atoms with van der Waals surface area (Å²) in [6, 6.07) is 5.85. The fourth-order valence-corrected chi connectivity index (χ4v) is 4.51. The molecule has 1 saturated heterocycles. The predicted molar refractivity (Wildman–Crippen MR) is 84.2 cm³/mol. The summed E-state index contributed by atoms with van der Waals surface area (Å²) in [4.78, 5) is 28.4. The molecule has 4 nitrogen and oxygen atoms in total. The van der Waals surface area contributed by atoms with Gasteiger partial charge in [0.1, 0.15) is 11.9 Å². The van der Waals surface area contributed by atoms with Crippen LogP contribution in [0.3, 0.4) is 0 Å². The Morgan fingerprint density at radius 1 is 1.22 bits per heavy atom. The minimum absolute atomic E-state index is 0.105. The maximum atomic E-state index is 13.9. The molecule has 1 aromatic rings. The van der Waals surface area contributed by atoms with Gasteiger partial charge in [0.05, 0.1) is 5.69 Å². The number of hydrogen-bond acceptors (Lipinski definition) is 2. The second kappa shape index (κ2) is 5.32. The van der Waals surface area contributed by atoms with Gasteiger partial charge in [0.15, 0.2) is 0 Å². The van der Waals surface area contributed by atoms with Gasteiger partial charge in [-0.25, -0.2) is 4.39 Å². The summed E-state index contributed by atoms with van der Waals surface area (Å²) in [5.41, 5.74) is 0.309. The van der Waals surface area contributed by atoms with Gasteiger partial charge in [-0.1, -0.05) is 18.6 Å². The zero-order valence-electron chi connectivity index (χ0n) is 13.2. The van der Waals surface area contributed by atoms with Gasteiger partial charge in [-0.15, -0.1) is 0 Å². The average Bonchev–Trinajstić information content (AvgIpc) is 2.87. The summed E-state index contributed by atoms with van der Waals surface area (Å²) in [5.74, 6) is 0.759. The quantitative estimate of drug-likeness (QED) is 0.859. The van der Waals surface area contributed by atoms with Crippen LogP contribution in [0.25, 0.3) is 0 Å². The highest BCUT2D eigenvalue weighted by atomic mass is 19.1. The molecule has 5 heteroatoms. The lowest BCUT2D eigenvalue weighted by molar-refractivity contribution is -0.138. The molecule has 1 aliphatic heterocycles. The van der Waals surface area contributed by atoms with E-state index in [0.29, 0.717) is 30.5 Å². The van der Waals surface area contributed by atoms with E-state index in [2.05, 4.69) is 0 Å². The van der Waals surface area contributed by atoms with E-state index < -0.39 is 11.9 Å². The lowest BCUT2D eigenvalue weighted by atomic mass is 10.1. The molecule has 4 rings (SSSR count). The number of benzene rings is 1. The molecule has 0 spiro atoms. The molecule has 2 saturated carbocycles. The fourth-order valence-electron chi connectivity index (χ4n) is 4.51. The zero-order valence-corrected chi connectivity index (χ0v) is 13.2. The van der Waals surface area contributed by atoms with E-state index in [1.54, 1.807) is 30.1 Å². The highest BCUT2D eigenvalue weighted by Gasteiger charge is 2.58. The molecule has 122 valence electrons. The van der Waals surface area contributed by atoms with E-state index in [-0.39, 0.29) is 17.7 Å². The molecule has 3 atom stereocenters. The minimum atomic E-state index is -0.455. The molecule has 23 heavy (non-hydrogen) atoms. The van der Waals surface area contributed by atoms with Gasteiger partial charge in [-0.05, 0) is 43.2 Å². The number of fused-ring (bicyclic) bond motifs is 1. The van der Waals surface area contributed by atoms with Crippen molar-refractivity contribution in [1.82, 2.24) is 4.90 Å². The van der Waals surface area contributed by atoms with Gasteiger partial charge < -0.3 is 9.80 Å². The van der Waals surface area contributed by atoms with Crippen molar-refractivity contribution in [3.8, 4) is 0 Å². The smallest absolute Gasteiger partial charge is 0.249 e. The van der Waals surface area contributed by atoms with Gasteiger partial charge in [-0.3, -0.25) is 9.59 Å². The molecule has 3 aliphatic rings. The summed E-state index contributed by atoms with van der Waals surface area (Å²) in [5, 5.41) is 0. The van der Waals surface area contributed by atoms with Crippen LogP contribution in [0.15, 0.2) is 24.3 Å². The Kier molecular flexibility index (Phi) is 3.39. The van der Waals surface area contributed by atoms with Crippen LogP contribution in [-0.2, 0) is 9.59 Å². The highest BCUT2D eigenvalue weighted by molar-refractivity contribution is 6.01. The fraction of sp³-hybridized carbons (Fsp3) is 0.556. The lowest BCUT2D eigenvalue weighted by Crippen LogP contribution is -2.44. The Bertz CT molecular complexity index is 652. The molecule has 3 fully saturated rings. The van der Waals surface area contributed by atoms with Crippen molar-refractivity contribution in [1.29, 1.82) is 0 Å². The number of halogens is 1. The maximum Gasteiger partial charge on any atom is 0.249 e. The third kappa shape index (κ3) is 2.25. The van der Waals surface area contributed by atoms with Gasteiger partial charge in [0.2, 0.25) is 11.8 Å². The topological polar surface area (TPSA) is 40.6 Å². The zero-order chi connectivity index (χ0) is 16.1. The molecule has 1 aromatic carbocycles. The van der Waals surface area contributed by atoms with Crippen LogP contribution >= 0.6 is 0 Å². The molecule has 0 radical (unpaired) electrons. The molecule has 0 unspecified atom stereocenters. The lowest BCUT2D eigenvalue weighted by Gasteiger charge is -2.25. The Hall–Kier alpha value is -1.91. The molecule has 2 aliphatic carbocycles.